The first-order valence-electron chi connectivity index (χ1n) is 4.93. The summed E-state index contributed by atoms with van der Waals surface area (Å²) in [7, 11) is 0. The molecule has 0 aliphatic heterocycles. The Hall–Kier alpha value is -0.790. The number of aromatic nitrogens is 2. The van der Waals surface area contributed by atoms with E-state index in [2.05, 4.69) is 46.1 Å². The number of nitrogens with one attached hydrogen (secondary N) is 1. The van der Waals surface area contributed by atoms with Gasteiger partial charge in [0.05, 0.1) is 28.4 Å². The van der Waals surface area contributed by atoms with Gasteiger partial charge in [0.1, 0.15) is 0 Å². The van der Waals surface area contributed by atoms with Gasteiger partial charge in [-0.15, -0.1) is 6.42 Å². The summed E-state index contributed by atoms with van der Waals surface area (Å²) >= 11 is 3.51. The number of aryl methyl sites for hydroxylation is 1. The largest absolute Gasteiger partial charge is 0.304 e. The average molecular weight is 270 g/mol. The fourth-order valence-corrected chi connectivity index (χ4v) is 1.77. The summed E-state index contributed by atoms with van der Waals surface area (Å²) in [6.07, 6.45) is 5.17. The Balaban J connectivity index is 2.70. The summed E-state index contributed by atoms with van der Waals surface area (Å²) in [6.45, 7) is 7.61. The molecule has 0 radical (unpaired) electrons. The number of halogens is 1. The second kappa shape index (κ2) is 5.34. The molecule has 82 valence electrons. The zero-order chi connectivity index (χ0) is 11.4. The molecule has 0 aliphatic rings. The molecule has 0 aromatic carbocycles. The Morgan fingerprint density at radius 2 is 2.27 bits per heavy atom. The van der Waals surface area contributed by atoms with Gasteiger partial charge in [-0.3, -0.25) is 4.68 Å². The minimum absolute atomic E-state index is 0.309. The third-order valence-corrected chi connectivity index (χ3v) is 3.47. The predicted molar refractivity (Wildman–Crippen MR) is 65.8 cm³/mol. The van der Waals surface area contributed by atoms with Crippen LogP contribution in [-0.2, 0) is 0 Å². The van der Waals surface area contributed by atoms with Crippen LogP contribution < -0.4 is 5.32 Å². The number of hydrogen-bond donors (Lipinski definition) is 1. The molecule has 1 N–H and O–H groups in total. The lowest BCUT2D eigenvalue weighted by Crippen LogP contribution is -2.25. The standard InChI is InChI=1S/C11H16BrN3/c1-5-6-13-7-8(2)15-10(4)11(12)9(3)14-15/h1,8,13H,6-7H2,2-4H3. The Morgan fingerprint density at radius 1 is 1.60 bits per heavy atom. The van der Waals surface area contributed by atoms with Crippen molar-refractivity contribution in [2.45, 2.75) is 26.8 Å². The predicted octanol–water partition coefficient (Wildman–Crippen LogP) is 2.05. The van der Waals surface area contributed by atoms with Gasteiger partial charge in [0.25, 0.3) is 0 Å². The fraction of sp³-hybridized carbons (Fsp3) is 0.545. The van der Waals surface area contributed by atoms with Crippen LogP contribution in [0, 0.1) is 26.2 Å². The molecule has 1 aromatic rings. The molecule has 0 saturated heterocycles. The highest BCUT2D eigenvalue weighted by Crippen LogP contribution is 2.22. The molecule has 0 amide bonds. The molecule has 0 saturated carbocycles. The molecule has 15 heavy (non-hydrogen) atoms. The molecule has 1 unspecified atom stereocenters. The summed E-state index contributed by atoms with van der Waals surface area (Å²) in [5.74, 6) is 2.56. The number of rotatable bonds is 4. The lowest BCUT2D eigenvalue weighted by molar-refractivity contribution is 0.454. The Morgan fingerprint density at radius 3 is 2.73 bits per heavy atom. The van der Waals surface area contributed by atoms with Gasteiger partial charge in [0.15, 0.2) is 0 Å². The first kappa shape index (κ1) is 12.3. The highest BCUT2D eigenvalue weighted by atomic mass is 79.9. The van der Waals surface area contributed by atoms with Crippen molar-refractivity contribution in [2.75, 3.05) is 13.1 Å². The molecule has 0 bridgehead atoms. The monoisotopic (exact) mass is 269 g/mol. The SMILES string of the molecule is C#CCNCC(C)n1nc(C)c(Br)c1C. The van der Waals surface area contributed by atoms with Crippen molar-refractivity contribution in [1.82, 2.24) is 15.1 Å². The molecule has 1 aromatic heterocycles. The molecule has 0 spiro atoms. The normalized spacial score (nSPS) is 12.5. The first-order valence-corrected chi connectivity index (χ1v) is 5.72. The molecule has 1 rings (SSSR count). The van der Waals surface area contributed by atoms with Crippen molar-refractivity contribution < 1.29 is 0 Å². The summed E-state index contributed by atoms with van der Waals surface area (Å²) in [6, 6.07) is 0.309. The van der Waals surface area contributed by atoms with Crippen LogP contribution in [0.5, 0.6) is 0 Å². The third-order valence-electron chi connectivity index (χ3n) is 2.32. The van der Waals surface area contributed by atoms with Crippen molar-refractivity contribution in [3.63, 3.8) is 0 Å². The number of hydrogen-bond acceptors (Lipinski definition) is 2. The molecule has 3 nitrogen and oxygen atoms in total. The third kappa shape index (κ3) is 2.83. The van der Waals surface area contributed by atoms with Crippen molar-refractivity contribution in [3.05, 3.63) is 15.9 Å². The van der Waals surface area contributed by atoms with Crippen LogP contribution >= 0.6 is 15.9 Å². The Kier molecular flexibility index (Phi) is 4.37. The van der Waals surface area contributed by atoms with Crippen LogP contribution in [0.2, 0.25) is 0 Å². The van der Waals surface area contributed by atoms with E-state index in [-0.39, 0.29) is 0 Å². The van der Waals surface area contributed by atoms with E-state index >= 15 is 0 Å². The number of terminal acetylenes is 1. The van der Waals surface area contributed by atoms with E-state index in [4.69, 9.17) is 6.42 Å². The second-order valence-corrected chi connectivity index (χ2v) is 4.41. The van der Waals surface area contributed by atoms with Gasteiger partial charge in [-0.2, -0.15) is 5.10 Å². The van der Waals surface area contributed by atoms with E-state index in [0.29, 0.717) is 12.6 Å². The molecule has 1 heterocycles. The quantitative estimate of drug-likeness (QED) is 0.670. The van der Waals surface area contributed by atoms with E-state index in [1.165, 1.54) is 0 Å². The van der Waals surface area contributed by atoms with Gasteiger partial charge >= 0.3 is 0 Å². The highest BCUT2D eigenvalue weighted by molar-refractivity contribution is 9.10. The van der Waals surface area contributed by atoms with E-state index in [9.17, 15) is 0 Å². The molecule has 0 fully saturated rings. The smallest absolute Gasteiger partial charge is 0.0738 e. The van der Waals surface area contributed by atoms with Gasteiger partial charge in [-0.05, 0) is 36.7 Å². The topological polar surface area (TPSA) is 29.9 Å². The molecule has 1 atom stereocenters. The van der Waals surface area contributed by atoms with Gasteiger partial charge in [-0.25, -0.2) is 0 Å². The molecule has 4 heteroatoms. The Bertz CT molecular complexity index is 376. The summed E-state index contributed by atoms with van der Waals surface area (Å²) < 4.78 is 3.11. The molecule has 0 aliphatic carbocycles. The minimum atomic E-state index is 0.309. The highest BCUT2D eigenvalue weighted by Gasteiger charge is 2.13. The lowest BCUT2D eigenvalue weighted by atomic mass is 10.3. The van der Waals surface area contributed by atoms with Crippen molar-refractivity contribution in [2.24, 2.45) is 0 Å². The van der Waals surface area contributed by atoms with Gasteiger partial charge < -0.3 is 5.32 Å². The van der Waals surface area contributed by atoms with Crippen LogP contribution in [0.3, 0.4) is 0 Å². The van der Waals surface area contributed by atoms with Crippen LogP contribution in [-0.4, -0.2) is 22.9 Å². The van der Waals surface area contributed by atoms with E-state index < -0.39 is 0 Å². The lowest BCUT2D eigenvalue weighted by Gasteiger charge is -2.14. The van der Waals surface area contributed by atoms with Crippen LogP contribution in [0.1, 0.15) is 24.4 Å². The maximum absolute atomic E-state index is 5.17. The molecular formula is C11H16BrN3. The summed E-state index contributed by atoms with van der Waals surface area (Å²) in [5, 5.41) is 7.64. The zero-order valence-electron chi connectivity index (χ0n) is 9.34. The van der Waals surface area contributed by atoms with E-state index in [1.54, 1.807) is 0 Å². The van der Waals surface area contributed by atoms with Crippen LogP contribution in [0.4, 0.5) is 0 Å². The van der Waals surface area contributed by atoms with Crippen molar-refractivity contribution >= 4 is 15.9 Å². The average Bonchev–Trinajstić information content (AvgIpc) is 2.46. The number of nitrogens with zero attached hydrogens (tertiary/aromatic N) is 2. The van der Waals surface area contributed by atoms with Crippen molar-refractivity contribution in [3.8, 4) is 12.3 Å². The Labute approximate surface area is 99.4 Å². The summed E-state index contributed by atoms with van der Waals surface area (Å²) in [4.78, 5) is 0. The summed E-state index contributed by atoms with van der Waals surface area (Å²) in [5.41, 5.74) is 2.18. The maximum Gasteiger partial charge on any atom is 0.0738 e. The molecular weight excluding hydrogens is 254 g/mol. The fourth-order valence-electron chi connectivity index (χ4n) is 1.51. The maximum atomic E-state index is 5.17. The van der Waals surface area contributed by atoms with Gasteiger partial charge in [0.2, 0.25) is 0 Å². The second-order valence-electron chi connectivity index (χ2n) is 3.61. The minimum Gasteiger partial charge on any atom is -0.304 e. The van der Waals surface area contributed by atoms with E-state index in [1.807, 2.05) is 11.6 Å². The first-order chi connectivity index (χ1) is 7.07. The van der Waals surface area contributed by atoms with Crippen LogP contribution in [0.25, 0.3) is 0 Å². The van der Waals surface area contributed by atoms with Gasteiger partial charge in [0, 0.05) is 6.54 Å². The van der Waals surface area contributed by atoms with Crippen LogP contribution in [0.15, 0.2) is 4.47 Å². The van der Waals surface area contributed by atoms with Crippen molar-refractivity contribution in [1.29, 1.82) is 0 Å². The van der Waals surface area contributed by atoms with E-state index in [0.717, 1.165) is 22.4 Å². The zero-order valence-corrected chi connectivity index (χ0v) is 10.9. The van der Waals surface area contributed by atoms with Gasteiger partial charge in [-0.1, -0.05) is 5.92 Å².